The van der Waals surface area contributed by atoms with E-state index in [9.17, 15) is 13.2 Å². The number of hydrogen-bond donors (Lipinski definition) is 2. The van der Waals surface area contributed by atoms with E-state index >= 15 is 0 Å². The minimum Gasteiger partial charge on any atom is -0.367 e. The Morgan fingerprint density at radius 2 is 1.83 bits per heavy atom. The largest absolute Gasteiger partial charge is 0.411 e. The first-order valence-electron chi connectivity index (χ1n) is 7.73. The van der Waals surface area contributed by atoms with Gasteiger partial charge in [0.1, 0.15) is 6.61 Å². The molecule has 0 unspecified atom stereocenters. The van der Waals surface area contributed by atoms with Crippen LogP contribution in [0.4, 0.5) is 13.2 Å². The average Bonchev–Trinajstić information content (AvgIpc) is 3.29. The lowest BCUT2D eigenvalue weighted by Gasteiger charge is -2.10. The predicted molar refractivity (Wildman–Crippen MR) is 98.5 cm³/mol. The van der Waals surface area contributed by atoms with Crippen molar-refractivity contribution in [3.8, 4) is 0 Å². The van der Waals surface area contributed by atoms with Gasteiger partial charge in [-0.2, -0.15) is 13.2 Å². The second-order valence-electron chi connectivity index (χ2n) is 5.54. The van der Waals surface area contributed by atoms with Crippen molar-refractivity contribution in [1.29, 1.82) is 0 Å². The van der Waals surface area contributed by atoms with Gasteiger partial charge in [0.25, 0.3) is 0 Å². The average molecular weight is 457 g/mol. The molecule has 0 bridgehead atoms. The molecule has 2 rings (SSSR count). The summed E-state index contributed by atoms with van der Waals surface area (Å²) in [7, 11) is 0. The minimum atomic E-state index is -4.29. The van der Waals surface area contributed by atoms with Crippen molar-refractivity contribution in [3.05, 3.63) is 35.4 Å². The molecule has 0 aliphatic heterocycles. The van der Waals surface area contributed by atoms with E-state index in [0.29, 0.717) is 18.2 Å². The molecule has 1 aliphatic rings. The number of guanidine groups is 1. The van der Waals surface area contributed by atoms with E-state index in [1.54, 1.807) is 12.1 Å². The lowest BCUT2D eigenvalue weighted by molar-refractivity contribution is -0.176. The van der Waals surface area contributed by atoms with Crippen LogP contribution >= 0.6 is 24.0 Å². The Morgan fingerprint density at radius 1 is 1.21 bits per heavy atom. The van der Waals surface area contributed by atoms with Gasteiger partial charge >= 0.3 is 6.18 Å². The first-order chi connectivity index (χ1) is 11.0. The van der Waals surface area contributed by atoms with Crippen molar-refractivity contribution in [2.45, 2.75) is 45.1 Å². The van der Waals surface area contributed by atoms with Crippen LogP contribution in [0.1, 0.15) is 30.9 Å². The fourth-order valence-corrected chi connectivity index (χ4v) is 1.94. The quantitative estimate of drug-likeness (QED) is 0.374. The zero-order valence-corrected chi connectivity index (χ0v) is 15.9. The number of aliphatic imine (C=N–C) groups is 1. The van der Waals surface area contributed by atoms with Gasteiger partial charge in [0.2, 0.25) is 0 Å². The summed E-state index contributed by atoms with van der Waals surface area (Å²) in [5, 5.41) is 6.52. The topological polar surface area (TPSA) is 45.7 Å². The van der Waals surface area contributed by atoms with Gasteiger partial charge in [-0.1, -0.05) is 24.3 Å². The van der Waals surface area contributed by atoms with Gasteiger partial charge in [-0.15, -0.1) is 24.0 Å². The summed E-state index contributed by atoms with van der Waals surface area (Å²) < 4.78 is 40.6. The van der Waals surface area contributed by atoms with E-state index in [1.165, 1.54) is 12.8 Å². The number of rotatable bonds is 7. The normalized spacial score (nSPS) is 14.9. The molecule has 0 aromatic heterocycles. The van der Waals surface area contributed by atoms with Crippen molar-refractivity contribution in [3.63, 3.8) is 0 Å². The van der Waals surface area contributed by atoms with E-state index in [2.05, 4.69) is 20.4 Å². The van der Waals surface area contributed by atoms with Gasteiger partial charge in [0.05, 0.1) is 13.2 Å². The maximum Gasteiger partial charge on any atom is 0.411 e. The third-order valence-corrected chi connectivity index (χ3v) is 3.24. The maximum atomic E-state index is 12.0. The molecular formula is C16H23F3IN3O. The van der Waals surface area contributed by atoms with Crippen LogP contribution < -0.4 is 10.6 Å². The summed E-state index contributed by atoms with van der Waals surface area (Å²) in [5.41, 5.74) is 1.71. The molecule has 0 atom stereocenters. The van der Waals surface area contributed by atoms with E-state index in [-0.39, 0.29) is 30.6 Å². The highest BCUT2D eigenvalue weighted by Gasteiger charge is 2.27. The van der Waals surface area contributed by atoms with Gasteiger partial charge in [0.15, 0.2) is 5.96 Å². The monoisotopic (exact) mass is 457 g/mol. The van der Waals surface area contributed by atoms with Crippen LogP contribution in [0.5, 0.6) is 0 Å². The summed E-state index contributed by atoms with van der Waals surface area (Å²) in [5.74, 6) is 0.799. The Bertz CT molecular complexity index is 516. The highest BCUT2D eigenvalue weighted by Crippen LogP contribution is 2.18. The van der Waals surface area contributed by atoms with Gasteiger partial charge in [0, 0.05) is 12.6 Å². The lowest BCUT2D eigenvalue weighted by atomic mass is 10.1. The molecule has 136 valence electrons. The third kappa shape index (κ3) is 8.72. The highest BCUT2D eigenvalue weighted by atomic mass is 127. The summed E-state index contributed by atoms with van der Waals surface area (Å²) in [6.07, 6.45) is -1.93. The molecule has 1 aromatic rings. The molecule has 1 aromatic carbocycles. The molecule has 0 radical (unpaired) electrons. The zero-order chi connectivity index (χ0) is 16.7. The molecule has 0 spiro atoms. The van der Waals surface area contributed by atoms with Crippen molar-refractivity contribution in [2.75, 3.05) is 13.2 Å². The number of nitrogens with zero attached hydrogens (tertiary/aromatic N) is 1. The summed E-state index contributed by atoms with van der Waals surface area (Å²) in [4.78, 5) is 4.50. The van der Waals surface area contributed by atoms with Gasteiger partial charge in [-0.25, -0.2) is 4.99 Å². The molecule has 1 aliphatic carbocycles. The Hall–Kier alpha value is -1.03. The van der Waals surface area contributed by atoms with Crippen molar-refractivity contribution in [2.24, 2.45) is 4.99 Å². The Balaban J connectivity index is 0.00000288. The number of benzene rings is 1. The van der Waals surface area contributed by atoms with Gasteiger partial charge in [-0.3, -0.25) is 0 Å². The standard InChI is InChI=1S/C16H22F3N3O.HI/c1-2-20-15(22-14-7-8-14)21-9-12-3-5-13(6-4-12)10-23-11-16(17,18)19;/h3-6,14H,2,7-11H2,1H3,(H2,20,21,22);1H. The van der Waals surface area contributed by atoms with Crippen LogP contribution in [0.2, 0.25) is 0 Å². The molecule has 8 heteroatoms. The fraction of sp³-hybridized carbons (Fsp3) is 0.562. The van der Waals surface area contributed by atoms with Crippen LogP contribution in [0.25, 0.3) is 0 Å². The van der Waals surface area contributed by atoms with Crippen LogP contribution in [0.3, 0.4) is 0 Å². The Kier molecular flexibility index (Phi) is 8.82. The molecule has 24 heavy (non-hydrogen) atoms. The lowest BCUT2D eigenvalue weighted by Crippen LogP contribution is -2.38. The molecule has 0 amide bonds. The Morgan fingerprint density at radius 3 is 2.38 bits per heavy atom. The minimum absolute atomic E-state index is 0. The SMILES string of the molecule is CCNC(=NCc1ccc(COCC(F)(F)F)cc1)NC1CC1.I. The molecule has 0 heterocycles. The fourth-order valence-electron chi connectivity index (χ4n) is 1.94. The van der Waals surface area contributed by atoms with E-state index < -0.39 is 12.8 Å². The van der Waals surface area contributed by atoms with Crippen molar-refractivity contribution >= 4 is 29.9 Å². The van der Waals surface area contributed by atoms with Gasteiger partial charge in [-0.05, 0) is 30.9 Å². The molecule has 1 saturated carbocycles. The number of halogens is 4. The number of hydrogen-bond acceptors (Lipinski definition) is 2. The first-order valence-corrected chi connectivity index (χ1v) is 7.73. The maximum absolute atomic E-state index is 12.0. The van der Waals surface area contributed by atoms with Gasteiger partial charge < -0.3 is 15.4 Å². The molecule has 2 N–H and O–H groups in total. The second kappa shape index (κ2) is 10.1. The smallest absolute Gasteiger partial charge is 0.367 e. The predicted octanol–water partition coefficient (Wildman–Crippen LogP) is 3.60. The Labute approximate surface area is 157 Å². The zero-order valence-electron chi connectivity index (χ0n) is 13.5. The second-order valence-corrected chi connectivity index (χ2v) is 5.54. The molecular weight excluding hydrogens is 434 g/mol. The van der Waals surface area contributed by atoms with Crippen LogP contribution in [0, 0.1) is 0 Å². The first kappa shape index (κ1) is 21.0. The van der Waals surface area contributed by atoms with E-state index in [1.807, 2.05) is 19.1 Å². The molecule has 4 nitrogen and oxygen atoms in total. The van der Waals surface area contributed by atoms with Crippen LogP contribution in [-0.2, 0) is 17.9 Å². The number of alkyl halides is 3. The van der Waals surface area contributed by atoms with E-state index in [4.69, 9.17) is 0 Å². The van der Waals surface area contributed by atoms with Crippen LogP contribution in [-0.4, -0.2) is 31.3 Å². The third-order valence-electron chi connectivity index (χ3n) is 3.24. The summed E-state index contributed by atoms with van der Waals surface area (Å²) >= 11 is 0. The van der Waals surface area contributed by atoms with E-state index in [0.717, 1.165) is 18.1 Å². The summed E-state index contributed by atoms with van der Waals surface area (Å²) in [6.45, 7) is 2.06. The van der Waals surface area contributed by atoms with Crippen molar-refractivity contribution < 1.29 is 17.9 Å². The number of nitrogens with one attached hydrogen (secondary N) is 2. The van der Waals surface area contributed by atoms with Crippen LogP contribution in [0.15, 0.2) is 29.3 Å². The highest BCUT2D eigenvalue weighted by molar-refractivity contribution is 14.0. The summed E-state index contributed by atoms with van der Waals surface area (Å²) in [6, 6.07) is 7.78. The molecule has 0 saturated heterocycles. The molecule has 1 fully saturated rings. The number of ether oxygens (including phenoxy) is 1. The van der Waals surface area contributed by atoms with Crippen molar-refractivity contribution in [1.82, 2.24) is 10.6 Å².